The number of rotatable bonds is 6. The molecule has 0 unspecified atom stereocenters. The van der Waals surface area contributed by atoms with Gasteiger partial charge < -0.3 is 19.5 Å². The third kappa shape index (κ3) is 3.82. The molecule has 27 heavy (non-hydrogen) atoms. The molecule has 0 saturated heterocycles. The van der Waals surface area contributed by atoms with Crippen molar-refractivity contribution in [1.29, 1.82) is 0 Å². The molecule has 138 valence electrons. The number of ether oxygens (including phenoxy) is 2. The average Bonchev–Trinajstić information content (AvgIpc) is 2.70. The van der Waals surface area contributed by atoms with Gasteiger partial charge in [0.1, 0.15) is 11.5 Å². The minimum absolute atomic E-state index is 0.152. The van der Waals surface area contributed by atoms with Gasteiger partial charge in [-0.1, -0.05) is 18.2 Å². The first kappa shape index (κ1) is 18.2. The van der Waals surface area contributed by atoms with Gasteiger partial charge in [0.25, 0.3) is 0 Å². The Kier molecular flexibility index (Phi) is 5.21. The molecular weight excluding hydrogens is 348 g/mol. The SMILES string of the molecule is COC(=O)c1nc(CN(C)C=O)c2cc(Oc3ccccc3)ccc2c1O. The molecule has 0 saturated carbocycles. The maximum absolute atomic E-state index is 11.9. The van der Waals surface area contributed by atoms with Gasteiger partial charge >= 0.3 is 5.97 Å². The van der Waals surface area contributed by atoms with Crippen LogP contribution in [0.2, 0.25) is 0 Å². The minimum Gasteiger partial charge on any atom is -0.505 e. The fraction of sp³-hybridized carbons (Fsp3) is 0.150. The minimum atomic E-state index is -0.756. The van der Waals surface area contributed by atoms with E-state index in [1.54, 1.807) is 25.2 Å². The summed E-state index contributed by atoms with van der Waals surface area (Å²) < 4.78 is 10.5. The van der Waals surface area contributed by atoms with Crippen molar-refractivity contribution in [1.82, 2.24) is 9.88 Å². The summed E-state index contributed by atoms with van der Waals surface area (Å²) in [5.74, 6) is 0.164. The van der Waals surface area contributed by atoms with E-state index in [0.717, 1.165) is 0 Å². The van der Waals surface area contributed by atoms with Crippen LogP contribution in [0.25, 0.3) is 10.8 Å². The molecule has 1 aromatic heterocycles. The van der Waals surface area contributed by atoms with Crippen LogP contribution in [0.5, 0.6) is 17.2 Å². The normalized spacial score (nSPS) is 10.4. The number of amides is 1. The molecule has 3 rings (SSSR count). The highest BCUT2D eigenvalue weighted by molar-refractivity contribution is 6.00. The Labute approximate surface area is 155 Å². The number of hydrogen-bond acceptors (Lipinski definition) is 6. The fourth-order valence-corrected chi connectivity index (χ4v) is 2.67. The Hall–Kier alpha value is -3.61. The molecule has 7 nitrogen and oxygen atoms in total. The molecule has 0 aliphatic carbocycles. The summed E-state index contributed by atoms with van der Waals surface area (Å²) in [6.45, 7) is 0.152. The summed E-state index contributed by atoms with van der Waals surface area (Å²) in [4.78, 5) is 28.6. The van der Waals surface area contributed by atoms with Crippen LogP contribution >= 0.6 is 0 Å². The highest BCUT2D eigenvalue weighted by atomic mass is 16.5. The first-order valence-corrected chi connectivity index (χ1v) is 8.16. The fourth-order valence-electron chi connectivity index (χ4n) is 2.67. The highest BCUT2D eigenvalue weighted by Gasteiger charge is 2.20. The predicted octanol–water partition coefficient (Wildman–Crippen LogP) is 3.11. The van der Waals surface area contributed by atoms with Crippen molar-refractivity contribution < 1.29 is 24.2 Å². The van der Waals surface area contributed by atoms with Gasteiger partial charge in [0.15, 0.2) is 11.4 Å². The molecule has 2 aromatic carbocycles. The number of methoxy groups -OCH3 is 1. The number of hydrogen-bond donors (Lipinski definition) is 1. The molecule has 1 heterocycles. The second-order valence-electron chi connectivity index (χ2n) is 5.89. The van der Waals surface area contributed by atoms with Crippen LogP contribution in [0.1, 0.15) is 16.2 Å². The van der Waals surface area contributed by atoms with Crippen LogP contribution in [-0.4, -0.2) is 41.5 Å². The van der Waals surface area contributed by atoms with E-state index in [0.29, 0.717) is 34.4 Å². The van der Waals surface area contributed by atoms with E-state index in [-0.39, 0.29) is 18.0 Å². The van der Waals surface area contributed by atoms with Crippen LogP contribution in [0.3, 0.4) is 0 Å². The second kappa shape index (κ2) is 7.74. The number of fused-ring (bicyclic) bond motifs is 1. The molecule has 7 heteroatoms. The number of carbonyl (C=O) groups excluding carboxylic acids is 2. The van der Waals surface area contributed by atoms with Gasteiger partial charge in [-0.25, -0.2) is 9.78 Å². The lowest BCUT2D eigenvalue weighted by molar-refractivity contribution is -0.117. The largest absolute Gasteiger partial charge is 0.505 e. The number of para-hydroxylation sites is 1. The van der Waals surface area contributed by atoms with Crippen molar-refractivity contribution in [2.24, 2.45) is 0 Å². The van der Waals surface area contributed by atoms with Crippen molar-refractivity contribution in [2.75, 3.05) is 14.2 Å². The lowest BCUT2D eigenvalue weighted by Crippen LogP contribution is -2.17. The van der Waals surface area contributed by atoms with Crippen molar-refractivity contribution in [3.05, 3.63) is 59.9 Å². The molecule has 0 aliphatic heterocycles. The predicted molar refractivity (Wildman–Crippen MR) is 98.8 cm³/mol. The average molecular weight is 366 g/mol. The van der Waals surface area contributed by atoms with E-state index in [9.17, 15) is 14.7 Å². The molecule has 0 radical (unpaired) electrons. The molecule has 3 aromatic rings. The summed E-state index contributed by atoms with van der Waals surface area (Å²) >= 11 is 0. The molecule has 0 atom stereocenters. The number of aromatic hydroxyl groups is 1. The first-order chi connectivity index (χ1) is 13.0. The molecule has 1 amide bonds. The van der Waals surface area contributed by atoms with Crippen LogP contribution in [-0.2, 0) is 16.1 Å². The maximum atomic E-state index is 11.9. The topological polar surface area (TPSA) is 89.0 Å². The van der Waals surface area contributed by atoms with E-state index in [1.807, 2.05) is 30.3 Å². The molecule has 0 aliphatic rings. The summed E-state index contributed by atoms with van der Waals surface area (Å²) in [6, 6.07) is 14.3. The second-order valence-corrected chi connectivity index (χ2v) is 5.89. The Morgan fingerprint density at radius 1 is 1.15 bits per heavy atom. The zero-order valence-electron chi connectivity index (χ0n) is 14.9. The Balaban J connectivity index is 2.13. The quantitative estimate of drug-likeness (QED) is 0.533. The first-order valence-electron chi connectivity index (χ1n) is 8.16. The zero-order chi connectivity index (χ0) is 19.4. The van der Waals surface area contributed by atoms with E-state index in [4.69, 9.17) is 4.74 Å². The number of esters is 1. The smallest absolute Gasteiger partial charge is 0.360 e. The molecular formula is C20H18N2O5. The monoisotopic (exact) mass is 366 g/mol. The zero-order valence-corrected chi connectivity index (χ0v) is 14.9. The molecule has 0 bridgehead atoms. The van der Waals surface area contributed by atoms with Gasteiger partial charge in [-0.2, -0.15) is 0 Å². The van der Waals surface area contributed by atoms with E-state index in [2.05, 4.69) is 9.72 Å². The van der Waals surface area contributed by atoms with Gasteiger partial charge in [0.05, 0.1) is 19.3 Å². The van der Waals surface area contributed by atoms with Crippen molar-refractivity contribution in [3.8, 4) is 17.2 Å². The summed E-state index contributed by atoms with van der Waals surface area (Å²) in [7, 11) is 2.80. The van der Waals surface area contributed by atoms with Crippen molar-refractivity contribution >= 4 is 23.2 Å². The summed E-state index contributed by atoms with van der Waals surface area (Å²) in [5.41, 5.74) is 0.243. The van der Waals surface area contributed by atoms with Crippen LogP contribution < -0.4 is 4.74 Å². The van der Waals surface area contributed by atoms with Crippen molar-refractivity contribution in [2.45, 2.75) is 6.54 Å². The maximum Gasteiger partial charge on any atom is 0.360 e. The van der Waals surface area contributed by atoms with Gasteiger partial charge in [-0.15, -0.1) is 0 Å². The molecule has 1 N–H and O–H groups in total. The Morgan fingerprint density at radius 2 is 1.89 bits per heavy atom. The number of nitrogens with zero attached hydrogens (tertiary/aromatic N) is 2. The lowest BCUT2D eigenvalue weighted by Gasteiger charge is -2.15. The Bertz CT molecular complexity index is 989. The van der Waals surface area contributed by atoms with Gasteiger partial charge in [0.2, 0.25) is 6.41 Å². The van der Waals surface area contributed by atoms with Crippen molar-refractivity contribution in [3.63, 3.8) is 0 Å². The van der Waals surface area contributed by atoms with E-state index in [1.165, 1.54) is 12.0 Å². The van der Waals surface area contributed by atoms with Crippen LogP contribution in [0, 0.1) is 0 Å². The third-order valence-electron chi connectivity index (χ3n) is 3.96. The number of benzene rings is 2. The third-order valence-corrected chi connectivity index (χ3v) is 3.96. The number of carbonyl (C=O) groups is 2. The number of pyridine rings is 1. The van der Waals surface area contributed by atoms with E-state index < -0.39 is 5.97 Å². The van der Waals surface area contributed by atoms with Crippen LogP contribution in [0.15, 0.2) is 48.5 Å². The molecule has 0 spiro atoms. The Morgan fingerprint density at radius 3 is 2.56 bits per heavy atom. The molecule has 0 fully saturated rings. The van der Waals surface area contributed by atoms with E-state index >= 15 is 0 Å². The van der Waals surface area contributed by atoms with Gasteiger partial charge in [0, 0.05) is 17.8 Å². The standard InChI is InChI=1S/C20H18N2O5/c1-22(12-23)11-17-16-10-14(27-13-6-4-3-5-7-13)8-9-15(16)19(24)18(21-17)20(25)26-2/h3-10,12,24H,11H2,1-2H3. The van der Waals surface area contributed by atoms with Gasteiger partial charge in [-0.3, -0.25) is 4.79 Å². The van der Waals surface area contributed by atoms with Gasteiger partial charge in [-0.05, 0) is 30.3 Å². The van der Waals surface area contributed by atoms with Crippen LogP contribution in [0.4, 0.5) is 0 Å². The summed E-state index contributed by atoms with van der Waals surface area (Å²) in [6.07, 6.45) is 0.655. The lowest BCUT2D eigenvalue weighted by atomic mass is 10.1. The summed E-state index contributed by atoms with van der Waals surface area (Å²) in [5, 5.41) is 11.4. The highest BCUT2D eigenvalue weighted by Crippen LogP contribution is 2.34. The number of aromatic nitrogens is 1.